The van der Waals surface area contributed by atoms with E-state index in [1.54, 1.807) is 0 Å². The molecule has 1 rings (SSSR count). The van der Waals surface area contributed by atoms with E-state index in [4.69, 9.17) is 0 Å². The number of hydrogen-bond acceptors (Lipinski definition) is 2. The maximum absolute atomic E-state index is 3.42. The highest BCUT2D eigenvalue weighted by Gasteiger charge is 2.19. The summed E-state index contributed by atoms with van der Waals surface area (Å²) < 4.78 is 0. The third-order valence-electron chi connectivity index (χ3n) is 2.32. The van der Waals surface area contributed by atoms with Gasteiger partial charge in [0, 0.05) is 24.5 Å². The van der Waals surface area contributed by atoms with E-state index in [2.05, 4.69) is 33.2 Å². The lowest BCUT2D eigenvalue weighted by Gasteiger charge is -2.19. The number of nitrogens with one attached hydrogen (secondary N) is 1. The molecule has 0 aromatic carbocycles. The molecule has 1 atom stereocenters. The first-order valence-electron chi connectivity index (χ1n) is 4.31. The smallest absolute Gasteiger partial charge is 0.0218 e. The summed E-state index contributed by atoms with van der Waals surface area (Å²) in [5.74, 6) is 0. The van der Waals surface area contributed by atoms with Crippen molar-refractivity contribution in [1.29, 1.82) is 0 Å². The maximum atomic E-state index is 3.42. The predicted molar refractivity (Wildman–Crippen MR) is 52.3 cm³/mol. The number of likely N-dealkylation sites (N-methyl/N-ethyl adjacent to an activating group) is 1. The van der Waals surface area contributed by atoms with Crippen LogP contribution in [0.2, 0.25) is 0 Å². The average Bonchev–Trinajstić information content (AvgIpc) is 2.37. The second kappa shape index (κ2) is 5.12. The highest BCUT2D eigenvalue weighted by Crippen LogP contribution is 2.13. The van der Waals surface area contributed by atoms with Gasteiger partial charge in [-0.3, -0.25) is 0 Å². The van der Waals surface area contributed by atoms with Crippen molar-refractivity contribution < 1.29 is 0 Å². The summed E-state index contributed by atoms with van der Waals surface area (Å²) in [5, 5.41) is 4.48. The zero-order valence-corrected chi connectivity index (χ0v) is 8.73. The van der Waals surface area contributed by atoms with Gasteiger partial charge >= 0.3 is 0 Å². The van der Waals surface area contributed by atoms with Crippen LogP contribution in [0.4, 0.5) is 0 Å². The van der Waals surface area contributed by atoms with Crippen LogP contribution < -0.4 is 5.32 Å². The molecule has 11 heavy (non-hydrogen) atoms. The molecule has 0 spiro atoms. The zero-order chi connectivity index (χ0) is 8.10. The van der Waals surface area contributed by atoms with E-state index >= 15 is 0 Å². The van der Waals surface area contributed by atoms with Crippen LogP contribution in [-0.4, -0.2) is 43.0 Å². The van der Waals surface area contributed by atoms with Crippen molar-refractivity contribution in [1.82, 2.24) is 10.2 Å². The molecular formula is C8H17BrN2. The highest BCUT2D eigenvalue weighted by atomic mass is 79.9. The van der Waals surface area contributed by atoms with Gasteiger partial charge in [0.25, 0.3) is 0 Å². The van der Waals surface area contributed by atoms with Gasteiger partial charge in [-0.2, -0.15) is 0 Å². The van der Waals surface area contributed by atoms with Crippen molar-refractivity contribution in [3.05, 3.63) is 0 Å². The molecule has 0 bridgehead atoms. The SMILES string of the molecule is CN1CCCC1CNCCBr. The third-order valence-corrected chi connectivity index (χ3v) is 2.72. The van der Waals surface area contributed by atoms with Gasteiger partial charge < -0.3 is 10.2 Å². The quantitative estimate of drug-likeness (QED) is 0.564. The molecule has 1 heterocycles. The van der Waals surface area contributed by atoms with Crippen LogP contribution in [0.5, 0.6) is 0 Å². The molecule has 1 saturated heterocycles. The lowest BCUT2D eigenvalue weighted by atomic mass is 10.2. The van der Waals surface area contributed by atoms with Crippen molar-refractivity contribution in [3.8, 4) is 0 Å². The molecule has 1 fully saturated rings. The Morgan fingerprint density at radius 2 is 2.45 bits per heavy atom. The van der Waals surface area contributed by atoms with E-state index in [0.717, 1.165) is 24.5 Å². The molecular weight excluding hydrogens is 204 g/mol. The zero-order valence-electron chi connectivity index (χ0n) is 7.15. The maximum Gasteiger partial charge on any atom is 0.0218 e. The van der Waals surface area contributed by atoms with E-state index in [-0.39, 0.29) is 0 Å². The fourth-order valence-corrected chi connectivity index (χ4v) is 1.85. The molecule has 0 amide bonds. The molecule has 2 nitrogen and oxygen atoms in total. The average molecular weight is 221 g/mol. The predicted octanol–water partition coefficient (Wildman–Crippen LogP) is 1.07. The molecule has 0 saturated carbocycles. The van der Waals surface area contributed by atoms with E-state index in [1.807, 2.05) is 0 Å². The van der Waals surface area contributed by atoms with Crippen LogP contribution >= 0.6 is 15.9 Å². The number of halogens is 1. The Hall–Kier alpha value is 0.400. The standard InChI is InChI=1S/C8H17BrN2/c1-11-6-2-3-8(11)7-10-5-4-9/h8,10H,2-7H2,1H3. The minimum Gasteiger partial charge on any atom is -0.314 e. The van der Waals surface area contributed by atoms with Gasteiger partial charge in [-0.05, 0) is 26.4 Å². The van der Waals surface area contributed by atoms with Crippen LogP contribution in [-0.2, 0) is 0 Å². The first kappa shape index (κ1) is 9.49. The van der Waals surface area contributed by atoms with Gasteiger partial charge in [-0.15, -0.1) is 0 Å². The van der Waals surface area contributed by atoms with Crippen molar-refractivity contribution >= 4 is 15.9 Å². The Bertz CT molecular complexity index is 108. The molecule has 0 aliphatic carbocycles. The molecule has 1 unspecified atom stereocenters. The van der Waals surface area contributed by atoms with E-state index in [1.165, 1.54) is 19.4 Å². The van der Waals surface area contributed by atoms with Crippen molar-refractivity contribution in [3.63, 3.8) is 0 Å². The molecule has 66 valence electrons. The summed E-state index contributed by atoms with van der Waals surface area (Å²) >= 11 is 3.40. The summed E-state index contributed by atoms with van der Waals surface area (Å²) in [6.07, 6.45) is 2.74. The van der Waals surface area contributed by atoms with E-state index in [0.29, 0.717) is 0 Å². The molecule has 0 aromatic rings. The summed E-state index contributed by atoms with van der Waals surface area (Å²) in [4.78, 5) is 2.45. The Balaban J connectivity index is 2.05. The molecule has 1 N–H and O–H groups in total. The van der Waals surface area contributed by atoms with Gasteiger partial charge in [-0.1, -0.05) is 15.9 Å². The molecule has 0 radical (unpaired) electrons. The first-order valence-corrected chi connectivity index (χ1v) is 5.43. The largest absolute Gasteiger partial charge is 0.314 e. The fourth-order valence-electron chi connectivity index (χ4n) is 1.57. The molecule has 1 aliphatic heterocycles. The second-order valence-electron chi connectivity index (χ2n) is 3.17. The number of alkyl halides is 1. The third kappa shape index (κ3) is 3.09. The Kier molecular flexibility index (Phi) is 4.41. The van der Waals surface area contributed by atoms with Crippen LogP contribution in [0.3, 0.4) is 0 Å². The van der Waals surface area contributed by atoms with Gasteiger partial charge in [0.05, 0.1) is 0 Å². The van der Waals surface area contributed by atoms with E-state index in [9.17, 15) is 0 Å². The Morgan fingerprint density at radius 3 is 3.00 bits per heavy atom. The van der Waals surface area contributed by atoms with Crippen molar-refractivity contribution in [2.24, 2.45) is 0 Å². The topological polar surface area (TPSA) is 15.3 Å². The number of likely N-dealkylation sites (tertiary alicyclic amines) is 1. The van der Waals surface area contributed by atoms with E-state index < -0.39 is 0 Å². The Labute approximate surface area is 77.5 Å². The minimum absolute atomic E-state index is 0.786. The number of hydrogen-bond donors (Lipinski definition) is 1. The van der Waals surface area contributed by atoms with Gasteiger partial charge in [0.15, 0.2) is 0 Å². The summed E-state index contributed by atoms with van der Waals surface area (Å²) in [6, 6.07) is 0.786. The van der Waals surface area contributed by atoms with Crippen LogP contribution in [0.1, 0.15) is 12.8 Å². The minimum atomic E-state index is 0.786. The lowest BCUT2D eigenvalue weighted by molar-refractivity contribution is 0.302. The second-order valence-corrected chi connectivity index (χ2v) is 3.96. The first-order chi connectivity index (χ1) is 5.34. The van der Waals surface area contributed by atoms with Crippen molar-refractivity contribution in [2.45, 2.75) is 18.9 Å². The van der Waals surface area contributed by atoms with Gasteiger partial charge in [0.2, 0.25) is 0 Å². The molecule has 1 aliphatic rings. The summed E-state index contributed by atoms with van der Waals surface area (Å²) in [6.45, 7) is 3.52. The Morgan fingerprint density at radius 1 is 1.64 bits per heavy atom. The lowest BCUT2D eigenvalue weighted by Crippen LogP contribution is -2.36. The van der Waals surface area contributed by atoms with Gasteiger partial charge in [-0.25, -0.2) is 0 Å². The van der Waals surface area contributed by atoms with Crippen molar-refractivity contribution in [2.75, 3.05) is 32.0 Å². The number of nitrogens with zero attached hydrogens (tertiary/aromatic N) is 1. The fraction of sp³-hybridized carbons (Fsp3) is 1.00. The monoisotopic (exact) mass is 220 g/mol. The number of rotatable bonds is 4. The summed E-state index contributed by atoms with van der Waals surface area (Å²) in [7, 11) is 2.22. The highest BCUT2D eigenvalue weighted by molar-refractivity contribution is 9.09. The summed E-state index contributed by atoms with van der Waals surface area (Å²) in [5.41, 5.74) is 0. The molecule has 3 heteroatoms. The van der Waals surface area contributed by atoms with Gasteiger partial charge in [0.1, 0.15) is 0 Å². The van der Waals surface area contributed by atoms with Crippen LogP contribution in [0.25, 0.3) is 0 Å². The van der Waals surface area contributed by atoms with Crippen LogP contribution in [0.15, 0.2) is 0 Å². The van der Waals surface area contributed by atoms with Crippen LogP contribution in [0, 0.1) is 0 Å². The normalized spacial score (nSPS) is 26.2. The molecule has 0 aromatic heterocycles.